The molecule has 110 valence electrons. The summed E-state index contributed by atoms with van der Waals surface area (Å²) < 4.78 is 0. The van der Waals surface area contributed by atoms with Gasteiger partial charge in [-0.05, 0) is 13.8 Å². The zero-order chi connectivity index (χ0) is 14.6. The smallest absolute Gasteiger partial charge is 0.547 e. The van der Waals surface area contributed by atoms with Crippen LogP contribution >= 0.6 is 0 Å². The van der Waals surface area contributed by atoms with Gasteiger partial charge < -0.3 is 30.0 Å². The molecule has 0 amide bonds. The first kappa shape index (κ1) is 23.8. The van der Waals surface area contributed by atoms with Gasteiger partial charge in [-0.25, -0.2) is 0 Å². The summed E-state index contributed by atoms with van der Waals surface area (Å²) in [6, 6.07) is 0. The fraction of sp³-hybridized carbons (Fsp3) is 0.833. The van der Waals surface area contributed by atoms with Gasteiger partial charge in [-0.1, -0.05) is 38.5 Å². The number of carbonyl (C=O) groups excluding carboxylic acids is 2. The molecular formula is C12H22O6Pb. The predicted molar refractivity (Wildman–Crippen MR) is 66.8 cm³/mol. The summed E-state index contributed by atoms with van der Waals surface area (Å²) in [6.45, 7) is 2.27. The molecule has 2 N–H and O–H groups in total. The number of hydrogen-bond acceptors (Lipinski definition) is 6. The van der Waals surface area contributed by atoms with Crippen LogP contribution in [0, 0.1) is 0 Å². The third-order valence-corrected chi connectivity index (χ3v) is 2.18. The van der Waals surface area contributed by atoms with Crippen LogP contribution in [0.4, 0.5) is 0 Å². The van der Waals surface area contributed by atoms with E-state index in [0.29, 0.717) is 0 Å². The second-order valence-corrected chi connectivity index (χ2v) is 4.11. The second kappa shape index (κ2) is 15.8. The molecular weight excluding hydrogens is 447 g/mol. The Morgan fingerprint density at radius 2 is 0.895 bits per heavy atom. The van der Waals surface area contributed by atoms with E-state index in [1.807, 2.05) is 0 Å². The molecule has 1 aliphatic carbocycles. The number of hydrogen-bond donors (Lipinski definition) is 2. The van der Waals surface area contributed by atoms with Crippen LogP contribution in [0.5, 0.6) is 0 Å². The van der Waals surface area contributed by atoms with E-state index in [1.54, 1.807) is 0 Å². The van der Waals surface area contributed by atoms with Crippen LogP contribution in [0.2, 0.25) is 0 Å². The molecule has 2 atom stereocenters. The monoisotopic (exact) mass is 470 g/mol. The van der Waals surface area contributed by atoms with Crippen molar-refractivity contribution in [1.29, 1.82) is 0 Å². The molecule has 19 heavy (non-hydrogen) atoms. The normalized spacial score (nSPS) is 16.2. The van der Waals surface area contributed by atoms with Gasteiger partial charge in [-0.3, -0.25) is 0 Å². The number of carbonyl (C=O) groups is 2. The van der Waals surface area contributed by atoms with Gasteiger partial charge in [0.1, 0.15) is 0 Å². The van der Waals surface area contributed by atoms with Crippen LogP contribution in [-0.2, 0) is 9.59 Å². The van der Waals surface area contributed by atoms with Gasteiger partial charge in [0.2, 0.25) is 0 Å². The fourth-order valence-corrected chi connectivity index (χ4v) is 1.06. The van der Waals surface area contributed by atoms with Crippen molar-refractivity contribution in [1.82, 2.24) is 0 Å². The summed E-state index contributed by atoms with van der Waals surface area (Å²) in [6.07, 6.45) is 6.31. The number of aliphatic hydroxyl groups is 2. The Morgan fingerprint density at radius 3 is 0.947 bits per heavy atom. The minimum Gasteiger partial charge on any atom is -0.547 e. The molecule has 1 fully saturated rings. The van der Waals surface area contributed by atoms with Crippen molar-refractivity contribution >= 4 is 39.2 Å². The molecule has 0 spiro atoms. The average Bonchev–Trinajstić information content (AvgIpc) is 2.32. The molecule has 2 unspecified atom stereocenters. The topological polar surface area (TPSA) is 121 Å². The van der Waals surface area contributed by atoms with Gasteiger partial charge in [-0.15, -0.1) is 0 Å². The van der Waals surface area contributed by atoms with E-state index in [0.717, 1.165) is 13.8 Å². The van der Waals surface area contributed by atoms with Crippen LogP contribution in [0.25, 0.3) is 0 Å². The van der Waals surface area contributed by atoms with Crippen molar-refractivity contribution in [2.45, 2.75) is 64.6 Å². The predicted octanol–water partition coefficient (Wildman–Crippen LogP) is -1.81. The van der Waals surface area contributed by atoms with Crippen molar-refractivity contribution in [2.24, 2.45) is 0 Å². The summed E-state index contributed by atoms with van der Waals surface area (Å²) in [7, 11) is 0. The molecule has 7 heteroatoms. The minimum absolute atomic E-state index is 0. The van der Waals surface area contributed by atoms with Crippen LogP contribution in [0.15, 0.2) is 0 Å². The maximum Gasteiger partial charge on any atom is 2.00 e. The van der Waals surface area contributed by atoms with Gasteiger partial charge in [0.25, 0.3) is 0 Å². The van der Waals surface area contributed by atoms with Crippen LogP contribution < -0.4 is 10.2 Å². The summed E-state index contributed by atoms with van der Waals surface area (Å²) in [5, 5.41) is 34.6. The molecule has 1 aliphatic rings. The number of carboxylic acids is 2. The van der Waals surface area contributed by atoms with Gasteiger partial charge >= 0.3 is 27.3 Å². The first-order valence-electron chi connectivity index (χ1n) is 6.06. The molecule has 2 radical (unpaired) electrons. The molecule has 1 saturated carbocycles. The van der Waals surface area contributed by atoms with E-state index in [2.05, 4.69) is 0 Å². The van der Waals surface area contributed by atoms with E-state index in [4.69, 9.17) is 10.2 Å². The molecule has 0 bridgehead atoms. The van der Waals surface area contributed by atoms with E-state index in [1.165, 1.54) is 38.5 Å². The quantitative estimate of drug-likeness (QED) is 0.460. The second-order valence-electron chi connectivity index (χ2n) is 4.11. The Labute approximate surface area is 134 Å². The molecule has 0 heterocycles. The first-order chi connectivity index (χ1) is 8.29. The number of rotatable bonds is 2. The molecule has 0 aromatic rings. The molecule has 0 aliphatic heterocycles. The van der Waals surface area contributed by atoms with Gasteiger partial charge in [0.15, 0.2) is 0 Å². The Kier molecular flexibility index (Phi) is 19.9. The van der Waals surface area contributed by atoms with Gasteiger partial charge in [-0.2, -0.15) is 0 Å². The number of aliphatic hydroxyl groups excluding tert-OH is 2. The van der Waals surface area contributed by atoms with Crippen LogP contribution in [-0.4, -0.2) is 61.7 Å². The Balaban J connectivity index is -0.000000197. The third kappa shape index (κ3) is 23.3. The van der Waals surface area contributed by atoms with Crippen molar-refractivity contribution in [3.8, 4) is 0 Å². The molecule has 0 saturated heterocycles. The Morgan fingerprint density at radius 1 is 0.789 bits per heavy atom. The average molecular weight is 470 g/mol. The van der Waals surface area contributed by atoms with Crippen molar-refractivity contribution in [3.05, 3.63) is 0 Å². The summed E-state index contributed by atoms with van der Waals surface area (Å²) in [4.78, 5) is 18.7. The zero-order valence-corrected chi connectivity index (χ0v) is 15.3. The van der Waals surface area contributed by atoms with Crippen LogP contribution in [0.1, 0.15) is 52.4 Å². The standard InChI is InChI=1S/C6H12.2C3H6O3.Pb/c1-2-4-6-5-3-1;2*1-2(4)3(5)6;/h1-6H2;2*2,4H,1H3,(H,5,6);/q;;;+2/p-2. The minimum atomic E-state index is -1.44. The molecule has 6 nitrogen and oxygen atoms in total. The maximum absolute atomic E-state index is 9.34. The summed E-state index contributed by atoms with van der Waals surface area (Å²) in [5.41, 5.74) is 0. The molecule has 0 aromatic heterocycles. The summed E-state index contributed by atoms with van der Waals surface area (Å²) in [5.74, 6) is -2.87. The van der Waals surface area contributed by atoms with Crippen molar-refractivity contribution < 1.29 is 30.0 Å². The van der Waals surface area contributed by atoms with Gasteiger partial charge in [0.05, 0.1) is 24.1 Å². The largest absolute Gasteiger partial charge is 2.00 e. The van der Waals surface area contributed by atoms with E-state index in [-0.39, 0.29) is 27.3 Å². The van der Waals surface area contributed by atoms with Crippen molar-refractivity contribution in [2.75, 3.05) is 0 Å². The first-order valence-corrected chi connectivity index (χ1v) is 6.06. The summed E-state index contributed by atoms with van der Waals surface area (Å²) >= 11 is 0. The zero-order valence-electron chi connectivity index (χ0n) is 11.4. The molecule has 1 rings (SSSR count). The van der Waals surface area contributed by atoms with E-state index in [9.17, 15) is 19.8 Å². The van der Waals surface area contributed by atoms with Crippen molar-refractivity contribution in [3.63, 3.8) is 0 Å². The molecule has 0 aromatic carbocycles. The maximum atomic E-state index is 9.34. The number of aliphatic carboxylic acids is 2. The Bertz CT molecular complexity index is 197. The Hall–Kier alpha value is -0.218. The van der Waals surface area contributed by atoms with Gasteiger partial charge in [0, 0.05) is 0 Å². The van der Waals surface area contributed by atoms with E-state index >= 15 is 0 Å². The van der Waals surface area contributed by atoms with Crippen LogP contribution in [0.3, 0.4) is 0 Å². The SMILES string of the molecule is C1CCCCC1.CC(O)C(=O)[O-].CC(O)C(=O)[O-].[Pb+2]. The third-order valence-electron chi connectivity index (χ3n) is 2.18. The fourth-order valence-electron chi connectivity index (χ4n) is 1.06. The number of carboxylic acid groups (broad SMARTS) is 2. The van der Waals surface area contributed by atoms with E-state index < -0.39 is 24.1 Å².